The van der Waals surface area contributed by atoms with Crippen LogP contribution in [0.15, 0.2) is 83.8 Å². The Kier molecular flexibility index (Phi) is 5.90. The van der Waals surface area contributed by atoms with Crippen molar-refractivity contribution in [1.82, 2.24) is 4.72 Å². The van der Waals surface area contributed by atoms with Gasteiger partial charge in [-0.25, -0.2) is 8.42 Å². The summed E-state index contributed by atoms with van der Waals surface area (Å²) in [4.78, 5) is 9.91. The number of benzene rings is 3. The summed E-state index contributed by atoms with van der Waals surface area (Å²) in [6.45, 7) is 0. The largest absolute Gasteiger partial charge is 0.416 e. The van der Waals surface area contributed by atoms with Crippen LogP contribution in [0.4, 0.5) is 18.9 Å². The highest BCUT2D eigenvalue weighted by molar-refractivity contribution is 7.89. The zero-order valence-electron chi connectivity index (χ0n) is 15.2. The van der Waals surface area contributed by atoms with Gasteiger partial charge < -0.3 is 0 Å². The predicted molar refractivity (Wildman–Crippen MR) is 103 cm³/mol. The first-order chi connectivity index (χ1) is 14.1. The van der Waals surface area contributed by atoms with E-state index in [9.17, 15) is 31.7 Å². The highest BCUT2D eigenvalue weighted by Gasteiger charge is 2.31. The van der Waals surface area contributed by atoms with Gasteiger partial charge in [-0.2, -0.15) is 17.9 Å². The molecule has 3 rings (SSSR count). The molecule has 10 heteroatoms. The van der Waals surface area contributed by atoms with Gasteiger partial charge in [-0.1, -0.05) is 42.5 Å². The van der Waals surface area contributed by atoms with E-state index in [2.05, 4.69) is 4.72 Å². The van der Waals surface area contributed by atoms with E-state index >= 15 is 0 Å². The Bertz CT molecular complexity index is 1130. The second kappa shape index (κ2) is 8.25. The fraction of sp³-hybridized carbons (Fsp3) is 0.100. The molecule has 1 atom stereocenters. The third-order valence-corrected chi connectivity index (χ3v) is 5.77. The zero-order valence-corrected chi connectivity index (χ0v) is 16.0. The maximum atomic E-state index is 12.9. The number of nitrogens with zero attached hydrogens (tertiary/aromatic N) is 1. The van der Waals surface area contributed by atoms with Crippen LogP contribution in [0.2, 0.25) is 0 Å². The van der Waals surface area contributed by atoms with Crippen LogP contribution in [-0.4, -0.2) is 13.3 Å². The fourth-order valence-corrected chi connectivity index (χ4v) is 4.02. The number of sulfonamides is 1. The topological polar surface area (TPSA) is 89.3 Å². The second-order valence-corrected chi connectivity index (χ2v) is 8.05. The lowest BCUT2D eigenvalue weighted by molar-refractivity contribution is -0.384. The number of rotatable bonds is 6. The van der Waals surface area contributed by atoms with Gasteiger partial charge in [0.25, 0.3) is 5.69 Å². The summed E-state index contributed by atoms with van der Waals surface area (Å²) in [6, 6.07) is 15.9. The van der Waals surface area contributed by atoms with Gasteiger partial charge in [0, 0.05) is 12.1 Å². The number of hydrogen-bond donors (Lipinski definition) is 1. The monoisotopic (exact) mass is 436 g/mol. The molecule has 0 amide bonds. The van der Waals surface area contributed by atoms with E-state index in [-0.39, 0.29) is 10.6 Å². The quantitative estimate of drug-likeness (QED) is 0.449. The average Bonchev–Trinajstić information content (AvgIpc) is 2.72. The minimum Gasteiger partial charge on any atom is -0.258 e. The molecule has 0 aromatic heterocycles. The molecule has 3 aromatic carbocycles. The average molecular weight is 436 g/mol. The lowest BCUT2D eigenvalue weighted by Gasteiger charge is -2.20. The SMILES string of the molecule is O=[N+]([O-])c1ccc(S(=O)(=O)NC(c2ccccc2)c2ccc(C(F)(F)F)cc2)cc1. The summed E-state index contributed by atoms with van der Waals surface area (Å²) < 4.78 is 66.7. The Morgan fingerprint density at radius 1 is 0.833 bits per heavy atom. The summed E-state index contributed by atoms with van der Waals surface area (Å²) in [6.07, 6.45) is -4.51. The van der Waals surface area contributed by atoms with E-state index in [0.717, 1.165) is 36.4 Å². The number of nitro benzene ring substituents is 1. The van der Waals surface area contributed by atoms with Crippen molar-refractivity contribution in [2.75, 3.05) is 0 Å². The zero-order chi connectivity index (χ0) is 21.9. The van der Waals surface area contributed by atoms with Crippen LogP contribution in [0.3, 0.4) is 0 Å². The number of non-ortho nitro benzene ring substituents is 1. The van der Waals surface area contributed by atoms with Crippen LogP contribution < -0.4 is 4.72 Å². The van der Waals surface area contributed by atoms with Gasteiger partial charge in [-0.05, 0) is 35.4 Å². The molecule has 6 nitrogen and oxygen atoms in total. The van der Waals surface area contributed by atoms with E-state index < -0.39 is 32.7 Å². The second-order valence-electron chi connectivity index (χ2n) is 6.34. The molecule has 0 aliphatic rings. The van der Waals surface area contributed by atoms with Gasteiger partial charge in [0.1, 0.15) is 0 Å². The van der Waals surface area contributed by atoms with Gasteiger partial charge in [0.05, 0.1) is 21.4 Å². The normalized spacial score (nSPS) is 13.0. The van der Waals surface area contributed by atoms with Gasteiger partial charge in [0.15, 0.2) is 0 Å². The molecule has 0 spiro atoms. The van der Waals surface area contributed by atoms with Crippen LogP contribution >= 0.6 is 0 Å². The highest BCUT2D eigenvalue weighted by atomic mass is 32.2. The van der Waals surface area contributed by atoms with Crippen molar-refractivity contribution in [3.63, 3.8) is 0 Å². The third-order valence-electron chi connectivity index (χ3n) is 4.34. The Balaban J connectivity index is 1.98. The van der Waals surface area contributed by atoms with Crippen molar-refractivity contribution < 1.29 is 26.5 Å². The Hall–Kier alpha value is -3.24. The number of hydrogen-bond acceptors (Lipinski definition) is 4. The van der Waals surface area contributed by atoms with Crippen LogP contribution in [0.1, 0.15) is 22.7 Å². The molecule has 0 radical (unpaired) electrons. The van der Waals surface area contributed by atoms with Crippen molar-refractivity contribution in [2.24, 2.45) is 0 Å². The fourth-order valence-electron chi connectivity index (χ4n) is 2.81. The molecule has 0 aliphatic heterocycles. The maximum Gasteiger partial charge on any atom is 0.416 e. The standard InChI is InChI=1S/C20H15F3N2O4S/c21-20(22,23)16-8-6-15(7-9-16)19(14-4-2-1-3-5-14)24-30(28,29)18-12-10-17(11-13-18)25(26)27/h1-13,19,24H. The molecule has 0 heterocycles. The van der Waals surface area contributed by atoms with Crippen molar-refractivity contribution >= 4 is 15.7 Å². The van der Waals surface area contributed by atoms with Gasteiger partial charge >= 0.3 is 6.18 Å². The number of nitrogens with one attached hydrogen (secondary N) is 1. The Morgan fingerprint density at radius 3 is 1.87 bits per heavy atom. The van der Waals surface area contributed by atoms with Crippen LogP contribution in [0.25, 0.3) is 0 Å². The first-order valence-corrected chi connectivity index (χ1v) is 10.0. The van der Waals surface area contributed by atoms with Gasteiger partial charge in [-0.3, -0.25) is 10.1 Å². The van der Waals surface area contributed by atoms with Crippen molar-refractivity contribution in [3.05, 3.63) is 106 Å². The molecule has 156 valence electrons. The molecule has 0 aliphatic carbocycles. The molecular formula is C20H15F3N2O4S. The molecule has 0 saturated carbocycles. The predicted octanol–water partition coefficient (Wildman–Crippen LogP) is 4.68. The van der Waals surface area contributed by atoms with Crippen LogP contribution in [-0.2, 0) is 16.2 Å². The van der Waals surface area contributed by atoms with E-state index in [1.54, 1.807) is 30.3 Å². The molecule has 1 unspecified atom stereocenters. The lowest BCUT2D eigenvalue weighted by Crippen LogP contribution is -2.29. The molecule has 3 aromatic rings. The maximum absolute atomic E-state index is 12.9. The van der Waals surface area contributed by atoms with E-state index in [1.165, 1.54) is 12.1 Å². The molecular weight excluding hydrogens is 421 g/mol. The smallest absolute Gasteiger partial charge is 0.258 e. The number of halogens is 3. The van der Waals surface area contributed by atoms with Crippen LogP contribution in [0.5, 0.6) is 0 Å². The summed E-state index contributed by atoms with van der Waals surface area (Å²) in [5.41, 5.74) is -0.296. The highest BCUT2D eigenvalue weighted by Crippen LogP contribution is 2.31. The Labute approximate surface area is 170 Å². The van der Waals surface area contributed by atoms with Gasteiger partial charge in [-0.15, -0.1) is 0 Å². The number of alkyl halides is 3. The molecule has 30 heavy (non-hydrogen) atoms. The summed E-state index contributed by atoms with van der Waals surface area (Å²) in [5.74, 6) is 0. The third kappa shape index (κ3) is 4.84. The minimum atomic E-state index is -4.51. The first kappa shape index (κ1) is 21.5. The Morgan fingerprint density at radius 2 is 1.37 bits per heavy atom. The molecule has 0 saturated heterocycles. The summed E-state index contributed by atoms with van der Waals surface area (Å²) in [5, 5.41) is 10.8. The van der Waals surface area contributed by atoms with E-state index in [4.69, 9.17) is 0 Å². The molecule has 0 fully saturated rings. The first-order valence-electron chi connectivity index (χ1n) is 8.57. The van der Waals surface area contributed by atoms with Gasteiger partial charge in [0.2, 0.25) is 10.0 Å². The van der Waals surface area contributed by atoms with Crippen LogP contribution in [0, 0.1) is 10.1 Å². The van der Waals surface area contributed by atoms with Crippen molar-refractivity contribution in [1.29, 1.82) is 0 Å². The van der Waals surface area contributed by atoms with Crippen molar-refractivity contribution in [3.8, 4) is 0 Å². The lowest BCUT2D eigenvalue weighted by atomic mass is 9.98. The van der Waals surface area contributed by atoms with E-state index in [0.29, 0.717) is 11.1 Å². The molecule has 1 N–H and O–H groups in total. The summed E-state index contributed by atoms with van der Waals surface area (Å²) in [7, 11) is -4.13. The summed E-state index contributed by atoms with van der Waals surface area (Å²) >= 11 is 0. The number of nitro groups is 1. The van der Waals surface area contributed by atoms with E-state index in [1.807, 2.05) is 0 Å². The minimum absolute atomic E-state index is 0.207. The molecule has 0 bridgehead atoms. The van der Waals surface area contributed by atoms with Crippen molar-refractivity contribution in [2.45, 2.75) is 17.1 Å².